The highest BCUT2D eigenvalue weighted by Crippen LogP contribution is 2.04. The molecule has 0 aliphatic carbocycles. The molecule has 4 N–H and O–H groups in total. The van der Waals surface area contributed by atoms with E-state index in [4.69, 9.17) is 11.6 Å². The van der Waals surface area contributed by atoms with Crippen LogP contribution < -0.4 is 11.6 Å². The van der Waals surface area contributed by atoms with Crippen LogP contribution in [-0.2, 0) is 4.79 Å². The number of hydrogen-bond acceptors (Lipinski definition) is 3. The lowest BCUT2D eigenvalue weighted by Crippen LogP contribution is -2.39. The zero-order chi connectivity index (χ0) is 10.4. The molecule has 0 fully saturated rings. The largest absolute Gasteiger partial charge is 0.330 e. The fourth-order valence-electron chi connectivity index (χ4n) is 0.792. The Kier molecular flexibility index (Phi) is 5.34. The highest BCUT2D eigenvalue weighted by atomic mass is 16.2. The summed E-state index contributed by atoms with van der Waals surface area (Å²) in [4.78, 5) is 11.5. The maximum absolute atomic E-state index is 11.5. The molecule has 0 atom stereocenters. The van der Waals surface area contributed by atoms with Crippen LogP contribution >= 0.6 is 0 Å². The maximum atomic E-state index is 11.5. The van der Waals surface area contributed by atoms with Gasteiger partial charge in [0.15, 0.2) is 0 Å². The molecule has 0 aromatic rings. The van der Waals surface area contributed by atoms with E-state index in [2.05, 4.69) is 0 Å². The highest BCUT2D eigenvalue weighted by Gasteiger charge is 2.11. The van der Waals surface area contributed by atoms with Gasteiger partial charge >= 0.3 is 0 Å². The summed E-state index contributed by atoms with van der Waals surface area (Å²) in [5, 5.41) is 1.22. The van der Waals surface area contributed by atoms with Crippen molar-refractivity contribution in [2.75, 3.05) is 13.1 Å². The van der Waals surface area contributed by atoms with E-state index < -0.39 is 0 Å². The van der Waals surface area contributed by atoms with Gasteiger partial charge in [-0.05, 0) is 33.7 Å². The molecule has 4 heteroatoms. The molecule has 76 valence electrons. The lowest BCUT2D eigenvalue weighted by atomic mass is 10.1. The minimum absolute atomic E-state index is 0.117. The zero-order valence-electron chi connectivity index (χ0n) is 8.63. The Morgan fingerprint density at radius 3 is 2.23 bits per heavy atom. The average Bonchev–Trinajstić information content (AvgIpc) is 2.11. The van der Waals surface area contributed by atoms with Crippen molar-refractivity contribution in [3.05, 3.63) is 11.1 Å². The van der Waals surface area contributed by atoms with E-state index in [1.807, 2.05) is 13.8 Å². The van der Waals surface area contributed by atoms with Crippen LogP contribution in [0.3, 0.4) is 0 Å². The van der Waals surface area contributed by atoms with Crippen molar-refractivity contribution < 1.29 is 4.79 Å². The molecule has 0 aliphatic rings. The van der Waals surface area contributed by atoms with E-state index in [1.54, 1.807) is 6.92 Å². The topological polar surface area (TPSA) is 72.3 Å². The van der Waals surface area contributed by atoms with Crippen molar-refractivity contribution in [1.29, 1.82) is 0 Å². The van der Waals surface area contributed by atoms with Crippen LogP contribution in [0.4, 0.5) is 0 Å². The third-order valence-corrected chi connectivity index (χ3v) is 1.93. The molecule has 0 aromatic heterocycles. The second kappa shape index (κ2) is 5.72. The van der Waals surface area contributed by atoms with E-state index in [1.165, 1.54) is 5.01 Å². The van der Waals surface area contributed by atoms with Crippen molar-refractivity contribution in [1.82, 2.24) is 5.01 Å². The fourth-order valence-corrected chi connectivity index (χ4v) is 0.792. The molecule has 0 saturated heterocycles. The van der Waals surface area contributed by atoms with E-state index >= 15 is 0 Å². The summed E-state index contributed by atoms with van der Waals surface area (Å²) >= 11 is 0. The Bertz CT molecular complexity index is 207. The first-order valence-electron chi connectivity index (χ1n) is 4.41. The van der Waals surface area contributed by atoms with Crippen molar-refractivity contribution in [2.45, 2.75) is 27.2 Å². The number of carbonyl (C=O) groups excluding carboxylic acids is 1. The summed E-state index contributed by atoms with van der Waals surface area (Å²) in [6.45, 7) is 6.63. The van der Waals surface area contributed by atoms with Crippen LogP contribution in [-0.4, -0.2) is 24.0 Å². The van der Waals surface area contributed by atoms with E-state index in [0.29, 0.717) is 18.7 Å². The molecule has 1 amide bonds. The van der Waals surface area contributed by atoms with Crippen molar-refractivity contribution in [3.8, 4) is 0 Å². The van der Waals surface area contributed by atoms with Crippen LogP contribution in [0.2, 0.25) is 0 Å². The molecule has 0 aliphatic heterocycles. The number of nitrogens with zero attached hydrogens (tertiary/aromatic N) is 1. The summed E-state index contributed by atoms with van der Waals surface area (Å²) in [6.07, 6.45) is 0.734. The Morgan fingerprint density at radius 1 is 1.31 bits per heavy atom. The van der Waals surface area contributed by atoms with Crippen LogP contribution in [0.1, 0.15) is 27.2 Å². The van der Waals surface area contributed by atoms with Crippen LogP contribution in [0.5, 0.6) is 0 Å². The van der Waals surface area contributed by atoms with Crippen molar-refractivity contribution >= 4 is 5.91 Å². The van der Waals surface area contributed by atoms with Gasteiger partial charge in [-0.1, -0.05) is 5.57 Å². The van der Waals surface area contributed by atoms with Gasteiger partial charge in [0, 0.05) is 12.1 Å². The number of amides is 1. The molecule has 0 rings (SSSR count). The summed E-state index contributed by atoms with van der Waals surface area (Å²) in [7, 11) is 0. The van der Waals surface area contributed by atoms with Gasteiger partial charge in [-0.25, -0.2) is 5.84 Å². The van der Waals surface area contributed by atoms with Gasteiger partial charge in [0.25, 0.3) is 5.91 Å². The Hall–Kier alpha value is -0.870. The van der Waals surface area contributed by atoms with Gasteiger partial charge in [0.05, 0.1) is 0 Å². The van der Waals surface area contributed by atoms with E-state index in [9.17, 15) is 4.79 Å². The van der Waals surface area contributed by atoms with Crippen LogP contribution in [0.15, 0.2) is 11.1 Å². The Morgan fingerprint density at radius 2 is 1.85 bits per heavy atom. The van der Waals surface area contributed by atoms with E-state index in [0.717, 1.165) is 12.0 Å². The highest BCUT2D eigenvalue weighted by molar-refractivity contribution is 5.93. The first-order chi connectivity index (χ1) is 6.00. The van der Waals surface area contributed by atoms with Gasteiger partial charge in [-0.15, -0.1) is 0 Å². The normalized spacial score (nSPS) is 9.62. The molecule has 13 heavy (non-hydrogen) atoms. The van der Waals surface area contributed by atoms with Gasteiger partial charge in [-0.3, -0.25) is 9.80 Å². The van der Waals surface area contributed by atoms with Crippen molar-refractivity contribution in [3.63, 3.8) is 0 Å². The molecule has 0 heterocycles. The Balaban J connectivity index is 4.19. The third kappa shape index (κ3) is 4.05. The average molecular weight is 185 g/mol. The molecular formula is C9H19N3O. The van der Waals surface area contributed by atoms with Gasteiger partial charge < -0.3 is 5.73 Å². The summed E-state index contributed by atoms with van der Waals surface area (Å²) in [5.41, 5.74) is 7.01. The van der Waals surface area contributed by atoms with Crippen LogP contribution in [0, 0.1) is 0 Å². The third-order valence-electron chi connectivity index (χ3n) is 1.93. The molecule has 0 spiro atoms. The first-order valence-corrected chi connectivity index (χ1v) is 4.41. The maximum Gasteiger partial charge on any atom is 0.263 e. The predicted octanol–water partition coefficient (Wildman–Crippen LogP) is 0.394. The second-order valence-corrected chi connectivity index (χ2v) is 3.27. The number of nitrogens with two attached hydrogens (primary N) is 2. The molecule has 0 radical (unpaired) electrons. The zero-order valence-corrected chi connectivity index (χ0v) is 8.63. The number of rotatable bonds is 4. The van der Waals surface area contributed by atoms with Gasteiger partial charge in [0.2, 0.25) is 0 Å². The lowest BCUT2D eigenvalue weighted by molar-refractivity contribution is -0.127. The summed E-state index contributed by atoms with van der Waals surface area (Å²) in [6, 6.07) is 0. The molecule has 4 nitrogen and oxygen atoms in total. The minimum atomic E-state index is -0.117. The van der Waals surface area contributed by atoms with Crippen molar-refractivity contribution in [2.24, 2.45) is 11.6 Å². The van der Waals surface area contributed by atoms with Crippen LogP contribution in [0.25, 0.3) is 0 Å². The summed E-state index contributed by atoms with van der Waals surface area (Å²) in [5.74, 6) is 5.42. The quantitative estimate of drug-likeness (QED) is 0.288. The molecule has 0 bridgehead atoms. The van der Waals surface area contributed by atoms with Gasteiger partial charge in [0.1, 0.15) is 0 Å². The number of carbonyl (C=O) groups is 1. The smallest absolute Gasteiger partial charge is 0.263 e. The molecule has 0 saturated carbocycles. The van der Waals surface area contributed by atoms with E-state index in [-0.39, 0.29) is 5.91 Å². The standard InChI is InChI=1S/C9H19N3O/c1-7(2)8(3)9(13)12(11)6-4-5-10/h4-6,10-11H2,1-3H3. The lowest BCUT2D eigenvalue weighted by Gasteiger charge is -2.16. The number of hydrogen-bond donors (Lipinski definition) is 2. The first kappa shape index (κ1) is 12.1. The molecule has 0 unspecified atom stereocenters. The predicted molar refractivity (Wildman–Crippen MR) is 53.6 cm³/mol. The summed E-state index contributed by atoms with van der Waals surface area (Å²) < 4.78 is 0. The fraction of sp³-hybridized carbons (Fsp3) is 0.667. The second-order valence-electron chi connectivity index (χ2n) is 3.27. The molecule has 0 aromatic carbocycles. The Labute approximate surface area is 79.5 Å². The number of hydrazine groups is 1. The SMILES string of the molecule is CC(C)=C(C)C(=O)N(N)CCCN. The minimum Gasteiger partial charge on any atom is -0.330 e. The number of allylic oxidation sites excluding steroid dienone is 1. The van der Waals surface area contributed by atoms with Gasteiger partial charge in [-0.2, -0.15) is 0 Å². The monoisotopic (exact) mass is 185 g/mol. The molecular weight excluding hydrogens is 166 g/mol.